The molecule has 5 nitrogen and oxygen atoms in total. The highest BCUT2D eigenvalue weighted by atomic mass is 32.1. The minimum Gasteiger partial charge on any atom is -0.337 e. The van der Waals surface area contributed by atoms with Crippen LogP contribution in [0.15, 0.2) is 61.2 Å². The fourth-order valence-corrected chi connectivity index (χ4v) is 4.35. The number of nitrogens with zero attached hydrogens (tertiary/aromatic N) is 4. The number of rotatable bonds is 6. The Bertz CT molecular complexity index is 1050. The average Bonchev–Trinajstić information content (AvgIpc) is 3.39. The third kappa shape index (κ3) is 3.68. The quantitative estimate of drug-likeness (QED) is 0.473. The van der Waals surface area contributed by atoms with Crippen molar-refractivity contribution in [3.8, 4) is 0 Å². The van der Waals surface area contributed by atoms with Crippen molar-refractivity contribution in [3.63, 3.8) is 0 Å². The highest BCUT2D eigenvalue weighted by Gasteiger charge is 2.21. The van der Waals surface area contributed by atoms with Crippen molar-refractivity contribution in [2.75, 3.05) is 11.4 Å². The van der Waals surface area contributed by atoms with Crippen molar-refractivity contribution >= 4 is 32.6 Å². The van der Waals surface area contributed by atoms with Crippen molar-refractivity contribution in [2.45, 2.75) is 26.8 Å². The molecule has 2 heterocycles. The number of thiazole rings is 1. The Labute approximate surface area is 168 Å². The second kappa shape index (κ2) is 7.94. The van der Waals surface area contributed by atoms with Gasteiger partial charge in [0.1, 0.15) is 0 Å². The monoisotopic (exact) mass is 390 g/mol. The van der Waals surface area contributed by atoms with Crippen LogP contribution < -0.4 is 4.90 Å². The van der Waals surface area contributed by atoms with Crippen LogP contribution in [-0.4, -0.2) is 27.0 Å². The summed E-state index contributed by atoms with van der Waals surface area (Å²) in [5, 5.41) is 0.756. The Kier molecular flexibility index (Phi) is 5.21. The van der Waals surface area contributed by atoms with Gasteiger partial charge in [0.05, 0.1) is 16.5 Å². The van der Waals surface area contributed by atoms with Gasteiger partial charge in [0.15, 0.2) is 5.13 Å². The maximum atomic E-state index is 13.3. The van der Waals surface area contributed by atoms with E-state index in [2.05, 4.69) is 31.0 Å². The Hall–Kier alpha value is -2.99. The van der Waals surface area contributed by atoms with Gasteiger partial charge >= 0.3 is 0 Å². The highest BCUT2D eigenvalue weighted by Crippen LogP contribution is 2.33. The van der Waals surface area contributed by atoms with Gasteiger partial charge in [-0.1, -0.05) is 41.7 Å². The zero-order valence-corrected chi connectivity index (χ0v) is 16.8. The molecule has 0 saturated heterocycles. The van der Waals surface area contributed by atoms with Crippen LogP contribution in [0.2, 0.25) is 0 Å². The van der Waals surface area contributed by atoms with E-state index >= 15 is 0 Å². The van der Waals surface area contributed by atoms with Gasteiger partial charge < -0.3 is 4.57 Å². The van der Waals surface area contributed by atoms with Crippen LogP contribution in [0, 0.1) is 13.8 Å². The number of carbonyl (C=O) groups is 1. The van der Waals surface area contributed by atoms with Crippen molar-refractivity contribution in [2.24, 2.45) is 0 Å². The smallest absolute Gasteiger partial charge is 0.260 e. The molecule has 0 aliphatic heterocycles. The van der Waals surface area contributed by atoms with E-state index in [1.54, 1.807) is 23.9 Å². The van der Waals surface area contributed by atoms with E-state index in [1.165, 1.54) is 5.56 Å². The molecule has 0 unspecified atom stereocenters. The van der Waals surface area contributed by atoms with Crippen LogP contribution in [0.1, 0.15) is 27.9 Å². The van der Waals surface area contributed by atoms with Crippen molar-refractivity contribution < 1.29 is 4.79 Å². The number of hydrogen-bond acceptors (Lipinski definition) is 4. The molecule has 0 atom stereocenters. The Morgan fingerprint density at radius 1 is 1.11 bits per heavy atom. The molecule has 2 aromatic heterocycles. The first-order chi connectivity index (χ1) is 13.6. The molecule has 0 aliphatic carbocycles. The molecule has 2 aromatic carbocycles. The largest absolute Gasteiger partial charge is 0.337 e. The van der Waals surface area contributed by atoms with Gasteiger partial charge in [-0.05, 0) is 43.5 Å². The summed E-state index contributed by atoms with van der Waals surface area (Å²) < 4.78 is 3.17. The van der Waals surface area contributed by atoms with Crippen molar-refractivity contribution in [1.82, 2.24) is 14.5 Å². The molecular formula is C22H22N4OS. The molecule has 0 spiro atoms. The van der Waals surface area contributed by atoms with Gasteiger partial charge in [0, 0.05) is 31.0 Å². The molecule has 0 saturated carbocycles. The van der Waals surface area contributed by atoms with Gasteiger partial charge in [-0.2, -0.15) is 0 Å². The van der Waals surface area contributed by atoms with E-state index in [4.69, 9.17) is 4.98 Å². The molecule has 0 fully saturated rings. The maximum absolute atomic E-state index is 13.3. The molecule has 4 rings (SSSR count). The van der Waals surface area contributed by atoms with Gasteiger partial charge in [-0.25, -0.2) is 9.97 Å². The standard InChI is InChI=1S/C22H22N4OS/c1-16-9-10-17(2)20-19(16)24-22(28-20)26(13-6-12-25-14-11-23-15-25)21(27)18-7-4-3-5-8-18/h3-5,7-11,14-15H,6,12-13H2,1-2H3. The molecule has 142 valence electrons. The number of fused-ring (bicyclic) bond motifs is 1. The summed E-state index contributed by atoms with van der Waals surface area (Å²) in [7, 11) is 0. The first-order valence-corrected chi connectivity index (χ1v) is 10.1. The maximum Gasteiger partial charge on any atom is 0.260 e. The van der Waals surface area contributed by atoms with Gasteiger partial charge in [0.2, 0.25) is 0 Å². The molecule has 4 aromatic rings. The predicted octanol–water partition coefficient (Wildman–Crippen LogP) is 4.85. The van der Waals surface area contributed by atoms with Crippen LogP contribution in [0.3, 0.4) is 0 Å². The first kappa shape index (κ1) is 18.4. The van der Waals surface area contributed by atoms with Gasteiger partial charge in [0.25, 0.3) is 5.91 Å². The summed E-state index contributed by atoms with van der Waals surface area (Å²) in [5.41, 5.74) is 3.99. The Balaban J connectivity index is 1.66. The fraction of sp³-hybridized carbons (Fsp3) is 0.227. The molecule has 6 heteroatoms. The second-order valence-electron chi connectivity index (χ2n) is 6.85. The number of anilines is 1. The Morgan fingerprint density at radius 3 is 2.61 bits per heavy atom. The highest BCUT2D eigenvalue weighted by molar-refractivity contribution is 7.22. The van der Waals surface area contributed by atoms with E-state index in [0.717, 1.165) is 33.9 Å². The summed E-state index contributed by atoms with van der Waals surface area (Å²) in [6, 6.07) is 13.6. The van der Waals surface area contributed by atoms with Crippen LogP contribution in [-0.2, 0) is 6.54 Å². The number of aryl methyl sites for hydroxylation is 3. The summed E-state index contributed by atoms with van der Waals surface area (Å²) >= 11 is 1.59. The topological polar surface area (TPSA) is 51.0 Å². The minimum atomic E-state index is -0.0133. The summed E-state index contributed by atoms with van der Waals surface area (Å²) in [5.74, 6) is -0.0133. The Morgan fingerprint density at radius 2 is 1.89 bits per heavy atom. The second-order valence-corrected chi connectivity index (χ2v) is 7.83. The lowest BCUT2D eigenvalue weighted by atomic mass is 10.1. The molecule has 0 bridgehead atoms. The lowest BCUT2D eigenvalue weighted by Crippen LogP contribution is -2.32. The van der Waals surface area contributed by atoms with Crippen LogP contribution >= 0.6 is 11.3 Å². The van der Waals surface area contributed by atoms with Crippen LogP contribution in [0.4, 0.5) is 5.13 Å². The van der Waals surface area contributed by atoms with E-state index < -0.39 is 0 Å². The zero-order valence-electron chi connectivity index (χ0n) is 16.0. The normalized spacial score (nSPS) is 11.1. The van der Waals surface area contributed by atoms with E-state index in [1.807, 2.05) is 46.0 Å². The zero-order chi connectivity index (χ0) is 19.5. The van der Waals surface area contributed by atoms with E-state index in [9.17, 15) is 4.79 Å². The summed E-state index contributed by atoms with van der Waals surface area (Å²) in [6.45, 7) is 5.56. The fourth-order valence-electron chi connectivity index (χ4n) is 3.21. The molecule has 0 aliphatic rings. The van der Waals surface area contributed by atoms with Gasteiger partial charge in [-0.3, -0.25) is 9.69 Å². The number of benzene rings is 2. The number of imidazole rings is 1. The molecule has 28 heavy (non-hydrogen) atoms. The lowest BCUT2D eigenvalue weighted by Gasteiger charge is -2.20. The average molecular weight is 391 g/mol. The summed E-state index contributed by atoms with van der Waals surface area (Å²) in [6.07, 6.45) is 6.33. The summed E-state index contributed by atoms with van der Waals surface area (Å²) in [4.78, 5) is 24.0. The van der Waals surface area contributed by atoms with Crippen molar-refractivity contribution in [1.29, 1.82) is 0 Å². The molecule has 0 radical (unpaired) electrons. The molecular weight excluding hydrogens is 368 g/mol. The SMILES string of the molecule is Cc1ccc(C)c2sc(N(CCCn3ccnc3)C(=O)c3ccccc3)nc12. The van der Waals surface area contributed by atoms with E-state index in [-0.39, 0.29) is 5.91 Å². The van der Waals surface area contributed by atoms with Crippen molar-refractivity contribution in [3.05, 3.63) is 77.9 Å². The minimum absolute atomic E-state index is 0.0133. The predicted molar refractivity (Wildman–Crippen MR) is 114 cm³/mol. The number of aromatic nitrogens is 3. The van der Waals surface area contributed by atoms with Gasteiger partial charge in [-0.15, -0.1) is 0 Å². The third-order valence-electron chi connectivity index (χ3n) is 4.78. The number of amides is 1. The van der Waals surface area contributed by atoms with Crippen LogP contribution in [0.25, 0.3) is 10.2 Å². The lowest BCUT2D eigenvalue weighted by molar-refractivity contribution is 0.0986. The molecule has 1 amide bonds. The third-order valence-corrected chi connectivity index (χ3v) is 6.00. The first-order valence-electron chi connectivity index (χ1n) is 9.33. The van der Waals surface area contributed by atoms with Crippen LogP contribution in [0.5, 0.6) is 0 Å². The van der Waals surface area contributed by atoms with E-state index in [0.29, 0.717) is 12.1 Å². The number of carbonyl (C=O) groups excluding carboxylic acids is 1. The number of hydrogen-bond donors (Lipinski definition) is 0. The molecule has 0 N–H and O–H groups in total.